The molecule has 1 saturated carbocycles. The van der Waals surface area contributed by atoms with Crippen LogP contribution in [0.4, 0.5) is 8.78 Å². The van der Waals surface area contributed by atoms with E-state index in [0.717, 1.165) is 37.7 Å². The van der Waals surface area contributed by atoms with Crippen LogP contribution in [0.1, 0.15) is 58.8 Å². The van der Waals surface area contributed by atoms with Crippen LogP contribution in [-0.4, -0.2) is 43.5 Å². The van der Waals surface area contributed by atoms with Crippen molar-refractivity contribution in [3.63, 3.8) is 0 Å². The van der Waals surface area contributed by atoms with Gasteiger partial charge in [-0.15, -0.1) is 0 Å². The lowest BCUT2D eigenvalue weighted by Crippen LogP contribution is -2.33. The Labute approximate surface area is 138 Å². The second kappa shape index (κ2) is 9.36. The summed E-state index contributed by atoms with van der Waals surface area (Å²) >= 11 is 0. The van der Waals surface area contributed by atoms with Crippen molar-refractivity contribution in [2.45, 2.75) is 65.2 Å². The van der Waals surface area contributed by atoms with Crippen molar-refractivity contribution in [2.75, 3.05) is 26.2 Å². The van der Waals surface area contributed by atoms with E-state index in [2.05, 4.69) is 16.8 Å². The molecule has 1 fully saturated rings. The fourth-order valence-electron chi connectivity index (χ4n) is 3.46. The van der Waals surface area contributed by atoms with Crippen LogP contribution in [0.3, 0.4) is 0 Å². The first-order chi connectivity index (χ1) is 11.0. The maximum Gasteiger partial charge on any atom is 0.272 e. The molecule has 0 amide bonds. The highest BCUT2D eigenvalue weighted by molar-refractivity contribution is 5.74. The third kappa shape index (κ3) is 6.58. The number of hydrogen-bond acceptors (Lipinski definition) is 3. The number of rotatable bonds is 6. The molecular formula is C18H30F2N2O. The summed E-state index contributed by atoms with van der Waals surface area (Å²) in [6.45, 7) is 6.17. The minimum absolute atomic E-state index is 0.341. The summed E-state index contributed by atoms with van der Waals surface area (Å²) in [5.74, 6) is 1.23. The van der Waals surface area contributed by atoms with Crippen molar-refractivity contribution in [3.8, 4) is 0 Å². The summed E-state index contributed by atoms with van der Waals surface area (Å²) in [6.07, 6.45) is 6.78. The van der Waals surface area contributed by atoms with E-state index in [-0.39, 0.29) is 0 Å². The molecule has 0 aromatic rings. The van der Waals surface area contributed by atoms with Gasteiger partial charge < -0.3 is 4.74 Å². The molecule has 23 heavy (non-hydrogen) atoms. The molecule has 1 heterocycles. The average Bonchev–Trinajstić information content (AvgIpc) is 2.54. The highest BCUT2D eigenvalue weighted by atomic mass is 19.3. The quantitative estimate of drug-likeness (QED) is 0.524. The van der Waals surface area contributed by atoms with Gasteiger partial charge in [-0.3, -0.25) is 4.90 Å². The maximum absolute atomic E-state index is 12.2. The molecule has 2 aliphatic rings. The minimum Gasteiger partial charge on any atom is -0.475 e. The average molecular weight is 328 g/mol. The number of halogens is 2. The molecule has 3 nitrogen and oxygen atoms in total. The Kier molecular flexibility index (Phi) is 7.47. The first kappa shape index (κ1) is 18.4. The summed E-state index contributed by atoms with van der Waals surface area (Å²) in [5.41, 5.74) is 2.24. The van der Waals surface area contributed by atoms with E-state index in [1.165, 1.54) is 44.1 Å². The van der Waals surface area contributed by atoms with Crippen LogP contribution in [0.25, 0.3) is 0 Å². The lowest BCUT2D eigenvalue weighted by molar-refractivity contribution is 0.0757. The van der Waals surface area contributed by atoms with E-state index >= 15 is 0 Å². The number of alkyl halides is 2. The van der Waals surface area contributed by atoms with Crippen LogP contribution in [0.5, 0.6) is 0 Å². The minimum atomic E-state index is -2.45. The molecule has 2 rings (SSSR count). The Balaban J connectivity index is 1.81. The zero-order chi connectivity index (χ0) is 16.7. The van der Waals surface area contributed by atoms with Gasteiger partial charge in [0.1, 0.15) is 0 Å². The van der Waals surface area contributed by atoms with Gasteiger partial charge in [0.25, 0.3) is 6.43 Å². The second-order valence-corrected chi connectivity index (χ2v) is 6.88. The molecule has 5 heteroatoms. The SMILES string of the molecule is CC(=NC1=C(C)CCN(CCC2CCCCC2)C1)OCC(F)F. The van der Waals surface area contributed by atoms with Gasteiger partial charge >= 0.3 is 0 Å². The Morgan fingerprint density at radius 2 is 2.04 bits per heavy atom. The molecular weight excluding hydrogens is 298 g/mol. The van der Waals surface area contributed by atoms with Crippen molar-refractivity contribution in [1.29, 1.82) is 0 Å². The molecule has 0 saturated heterocycles. The van der Waals surface area contributed by atoms with Crippen LogP contribution in [0.2, 0.25) is 0 Å². The van der Waals surface area contributed by atoms with Gasteiger partial charge in [-0.1, -0.05) is 32.1 Å². The normalized spacial score (nSPS) is 22.0. The van der Waals surface area contributed by atoms with Crippen molar-refractivity contribution >= 4 is 5.90 Å². The number of aliphatic imine (C=N–C) groups is 1. The van der Waals surface area contributed by atoms with Gasteiger partial charge in [0.15, 0.2) is 12.5 Å². The summed E-state index contributed by atoms with van der Waals surface area (Å²) in [6, 6.07) is 0. The molecule has 0 unspecified atom stereocenters. The fraction of sp³-hybridized carbons (Fsp3) is 0.833. The summed E-state index contributed by atoms with van der Waals surface area (Å²) < 4.78 is 29.4. The van der Waals surface area contributed by atoms with Crippen molar-refractivity contribution < 1.29 is 13.5 Å². The van der Waals surface area contributed by atoms with E-state index in [0.29, 0.717) is 5.90 Å². The highest BCUT2D eigenvalue weighted by Gasteiger charge is 2.19. The molecule has 0 bridgehead atoms. The predicted molar refractivity (Wildman–Crippen MR) is 90.0 cm³/mol. The predicted octanol–water partition coefficient (Wildman–Crippen LogP) is 4.64. The molecule has 1 aliphatic carbocycles. The van der Waals surface area contributed by atoms with Crippen molar-refractivity contribution in [1.82, 2.24) is 4.90 Å². The fourth-order valence-corrected chi connectivity index (χ4v) is 3.46. The Morgan fingerprint density at radius 3 is 2.74 bits per heavy atom. The third-order valence-corrected chi connectivity index (χ3v) is 4.96. The molecule has 1 aliphatic heterocycles. The second-order valence-electron chi connectivity index (χ2n) is 6.88. The van der Waals surface area contributed by atoms with Crippen LogP contribution in [0, 0.1) is 5.92 Å². The molecule has 0 aromatic carbocycles. The zero-order valence-electron chi connectivity index (χ0n) is 14.5. The monoisotopic (exact) mass is 328 g/mol. The van der Waals surface area contributed by atoms with Gasteiger partial charge in [0, 0.05) is 20.0 Å². The third-order valence-electron chi connectivity index (χ3n) is 4.96. The smallest absolute Gasteiger partial charge is 0.272 e. The number of hydrogen-bond donors (Lipinski definition) is 0. The lowest BCUT2D eigenvalue weighted by Gasteiger charge is -2.30. The Morgan fingerprint density at radius 1 is 1.30 bits per heavy atom. The molecule has 0 N–H and O–H groups in total. The highest BCUT2D eigenvalue weighted by Crippen LogP contribution is 2.27. The molecule has 0 atom stereocenters. The summed E-state index contributed by atoms with van der Waals surface area (Å²) in [4.78, 5) is 6.88. The first-order valence-corrected chi connectivity index (χ1v) is 8.92. The van der Waals surface area contributed by atoms with Crippen LogP contribution < -0.4 is 0 Å². The molecule has 0 aromatic heterocycles. The number of nitrogens with zero attached hydrogens (tertiary/aromatic N) is 2. The number of ether oxygens (including phenoxy) is 1. The van der Waals surface area contributed by atoms with E-state index < -0.39 is 13.0 Å². The molecule has 132 valence electrons. The standard InChI is InChI=1S/C18H30F2N2O/c1-14-8-10-22(11-9-16-6-4-3-5-7-16)12-17(14)21-15(2)23-13-18(19)20/h16,18H,3-13H2,1-2H3. The lowest BCUT2D eigenvalue weighted by atomic mass is 9.87. The first-order valence-electron chi connectivity index (χ1n) is 8.92. The van der Waals surface area contributed by atoms with E-state index in [1.54, 1.807) is 6.92 Å². The topological polar surface area (TPSA) is 24.8 Å². The maximum atomic E-state index is 12.2. The largest absolute Gasteiger partial charge is 0.475 e. The van der Waals surface area contributed by atoms with Gasteiger partial charge in [0.2, 0.25) is 0 Å². The van der Waals surface area contributed by atoms with Crippen LogP contribution in [-0.2, 0) is 4.74 Å². The van der Waals surface area contributed by atoms with E-state index in [9.17, 15) is 8.78 Å². The van der Waals surface area contributed by atoms with E-state index in [4.69, 9.17) is 4.74 Å². The van der Waals surface area contributed by atoms with Crippen molar-refractivity contribution in [3.05, 3.63) is 11.3 Å². The van der Waals surface area contributed by atoms with Gasteiger partial charge in [0.05, 0.1) is 5.70 Å². The molecule has 0 radical (unpaired) electrons. The van der Waals surface area contributed by atoms with Crippen molar-refractivity contribution in [2.24, 2.45) is 10.9 Å². The van der Waals surface area contributed by atoms with Gasteiger partial charge in [-0.05, 0) is 37.8 Å². The van der Waals surface area contributed by atoms with Gasteiger partial charge in [-0.25, -0.2) is 13.8 Å². The van der Waals surface area contributed by atoms with Crippen LogP contribution >= 0.6 is 0 Å². The summed E-state index contributed by atoms with van der Waals surface area (Å²) in [5, 5.41) is 0. The Hall–Kier alpha value is -0.970. The molecule has 0 spiro atoms. The van der Waals surface area contributed by atoms with E-state index in [1.807, 2.05) is 0 Å². The summed E-state index contributed by atoms with van der Waals surface area (Å²) in [7, 11) is 0. The van der Waals surface area contributed by atoms with Gasteiger partial charge in [-0.2, -0.15) is 0 Å². The zero-order valence-corrected chi connectivity index (χ0v) is 14.5. The van der Waals surface area contributed by atoms with Crippen LogP contribution in [0.15, 0.2) is 16.3 Å². The Bertz CT molecular complexity index is 429.